The Morgan fingerprint density at radius 3 is 2.79 bits per heavy atom. The van der Waals surface area contributed by atoms with Gasteiger partial charge in [-0.15, -0.1) is 5.10 Å². The molecule has 29 heavy (non-hydrogen) atoms. The first-order valence-electron chi connectivity index (χ1n) is 9.39. The lowest BCUT2D eigenvalue weighted by atomic mass is 10.2. The predicted molar refractivity (Wildman–Crippen MR) is 118 cm³/mol. The monoisotopic (exact) mass is 477 g/mol. The number of nitrogens with zero attached hydrogens (tertiary/aromatic N) is 4. The molecule has 0 unspecified atom stereocenters. The third-order valence-corrected chi connectivity index (χ3v) is 5.41. The molecule has 3 aromatic rings. The van der Waals surface area contributed by atoms with Crippen LogP contribution in [0.15, 0.2) is 52.1 Å². The molecule has 154 valence electrons. The van der Waals surface area contributed by atoms with Gasteiger partial charge in [-0.05, 0) is 41.1 Å². The molecule has 0 amide bonds. The molecule has 3 rings (SSSR count). The summed E-state index contributed by atoms with van der Waals surface area (Å²) in [6.45, 7) is 4.22. The van der Waals surface area contributed by atoms with Crippen LogP contribution >= 0.6 is 27.7 Å². The van der Waals surface area contributed by atoms with Crippen LogP contribution in [-0.4, -0.2) is 46.2 Å². The quantitative estimate of drug-likeness (QED) is 0.329. The standard InChI is InChI=1S/C20H24BrN5O2S/c1-3-10-28-19-15(12-16(21)13-18(19)27-2)14-22-9-11-29-20-23-24-25-26(20)17-7-5-4-6-8-17/h4-8,12-13,22H,3,9-11,14H2,1-2H3. The van der Waals surface area contributed by atoms with Crippen molar-refractivity contribution in [2.45, 2.75) is 25.0 Å². The molecule has 0 bridgehead atoms. The Morgan fingerprint density at radius 2 is 2.03 bits per heavy atom. The Morgan fingerprint density at radius 1 is 1.21 bits per heavy atom. The van der Waals surface area contributed by atoms with Gasteiger partial charge in [0.25, 0.3) is 0 Å². The molecule has 0 fully saturated rings. The third-order valence-electron chi connectivity index (χ3n) is 4.03. The van der Waals surface area contributed by atoms with E-state index in [4.69, 9.17) is 9.47 Å². The summed E-state index contributed by atoms with van der Waals surface area (Å²) in [5.74, 6) is 2.37. The van der Waals surface area contributed by atoms with Crippen molar-refractivity contribution in [1.29, 1.82) is 0 Å². The zero-order chi connectivity index (χ0) is 20.5. The molecule has 0 aliphatic carbocycles. The molecular formula is C20H24BrN5O2S. The fourth-order valence-electron chi connectivity index (χ4n) is 2.71. The summed E-state index contributed by atoms with van der Waals surface area (Å²) in [6.07, 6.45) is 0.943. The number of rotatable bonds is 11. The normalized spacial score (nSPS) is 10.9. The van der Waals surface area contributed by atoms with Crippen molar-refractivity contribution in [2.75, 3.05) is 26.0 Å². The van der Waals surface area contributed by atoms with Gasteiger partial charge in [-0.3, -0.25) is 0 Å². The number of halogens is 1. The summed E-state index contributed by atoms with van der Waals surface area (Å²) < 4.78 is 14.1. The highest BCUT2D eigenvalue weighted by Crippen LogP contribution is 2.35. The fraction of sp³-hybridized carbons (Fsp3) is 0.350. The van der Waals surface area contributed by atoms with Crippen molar-refractivity contribution in [1.82, 2.24) is 25.5 Å². The maximum absolute atomic E-state index is 5.92. The number of tetrazole rings is 1. The van der Waals surface area contributed by atoms with Crippen LogP contribution in [-0.2, 0) is 6.54 Å². The zero-order valence-corrected chi connectivity index (χ0v) is 18.9. The van der Waals surface area contributed by atoms with E-state index in [9.17, 15) is 0 Å². The first-order chi connectivity index (χ1) is 14.2. The highest BCUT2D eigenvalue weighted by molar-refractivity contribution is 9.10. The minimum absolute atomic E-state index is 0.656. The smallest absolute Gasteiger partial charge is 0.214 e. The number of hydrogen-bond donors (Lipinski definition) is 1. The predicted octanol–water partition coefficient (Wildman–Crippen LogP) is 4.10. The number of ether oxygens (including phenoxy) is 2. The van der Waals surface area contributed by atoms with Crippen LogP contribution in [0.1, 0.15) is 18.9 Å². The van der Waals surface area contributed by atoms with Crippen LogP contribution in [0.25, 0.3) is 5.69 Å². The van der Waals surface area contributed by atoms with E-state index in [0.717, 1.165) is 51.1 Å². The molecule has 2 aromatic carbocycles. The van der Waals surface area contributed by atoms with Gasteiger partial charge in [0.15, 0.2) is 11.5 Å². The lowest BCUT2D eigenvalue weighted by molar-refractivity contribution is 0.290. The van der Waals surface area contributed by atoms with Gasteiger partial charge in [-0.2, -0.15) is 4.68 Å². The van der Waals surface area contributed by atoms with Crippen LogP contribution in [0.4, 0.5) is 0 Å². The van der Waals surface area contributed by atoms with Crippen molar-refractivity contribution in [3.8, 4) is 17.2 Å². The van der Waals surface area contributed by atoms with E-state index in [1.165, 1.54) is 0 Å². The number of methoxy groups -OCH3 is 1. The lowest BCUT2D eigenvalue weighted by Gasteiger charge is -2.16. The zero-order valence-electron chi connectivity index (χ0n) is 16.5. The molecule has 0 aliphatic heterocycles. The summed E-state index contributed by atoms with van der Waals surface area (Å²) >= 11 is 5.15. The Labute approximate surface area is 183 Å². The van der Waals surface area contributed by atoms with Crippen LogP contribution in [0.5, 0.6) is 11.5 Å². The second-order valence-corrected chi connectivity index (χ2v) is 8.16. The first kappa shape index (κ1) is 21.6. The number of aromatic nitrogens is 4. The minimum Gasteiger partial charge on any atom is -0.493 e. The van der Waals surface area contributed by atoms with E-state index >= 15 is 0 Å². The van der Waals surface area contributed by atoms with Crippen LogP contribution in [0.3, 0.4) is 0 Å². The SMILES string of the molecule is CCCOc1c(CNCCSc2nnnn2-c2ccccc2)cc(Br)cc1OC. The van der Waals surface area contributed by atoms with Gasteiger partial charge in [0.1, 0.15) is 0 Å². The van der Waals surface area contributed by atoms with Gasteiger partial charge in [-0.25, -0.2) is 0 Å². The molecule has 0 spiro atoms. The number of para-hydroxylation sites is 1. The Bertz CT molecular complexity index is 907. The Hall–Kier alpha value is -2.10. The summed E-state index contributed by atoms with van der Waals surface area (Å²) in [5.41, 5.74) is 2.01. The molecule has 1 N–H and O–H groups in total. The lowest BCUT2D eigenvalue weighted by Crippen LogP contribution is -2.18. The molecule has 9 heteroatoms. The van der Waals surface area contributed by atoms with Gasteiger partial charge in [0.05, 0.1) is 19.4 Å². The third kappa shape index (κ3) is 5.94. The van der Waals surface area contributed by atoms with Crippen molar-refractivity contribution < 1.29 is 9.47 Å². The number of benzene rings is 2. The summed E-state index contributed by atoms with van der Waals surface area (Å²) in [5, 5.41) is 16.2. The fourth-order valence-corrected chi connectivity index (χ4v) is 3.98. The maximum atomic E-state index is 5.92. The van der Waals surface area contributed by atoms with Crippen molar-refractivity contribution >= 4 is 27.7 Å². The molecule has 1 aromatic heterocycles. The average molecular weight is 478 g/mol. The molecule has 0 saturated carbocycles. The largest absolute Gasteiger partial charge is 0.493 e. The highest BCUT2D eigenvalue weighted by Gasteiger charge is 2.13. The van der Waals surface area contributed by atoms with Crippen LogP contribution in [0, 0.1) is 0 Å². The number of hydrogen-bond acceptors (Lipinski definition) is 7. The van der Waals surface area contributed by atoms with Gasteiger partial charge < -0.3 is 14.8 Å². The summed E-state index contributed by atoms with van der Waals surface area (Å²) in [7, 11) is 1.66. The van der Waals surface area contributed by atoms with E-state index in [1.807, 2.05) is 36.4 Å². The van der Waals surface area contributed by atoms with Gasteiger partial charge in [0.2, 0.25) is 5.16 Å². The summed E-state index contributed by atoms with van der Waals surface area (Å²) in [4.78, 5) is 0. The average Bonchev–Trinajstić information content (AvgIpc) is 3.21. The van der Waals surface area contributed by atoms with Gasteiger partial charge >= 0.3 is 0 Å². The molecule has 0 atom stereocenters. The van der Waals surface area contributed by atoms with Gasteiger partial charge in [-0.1, -0.05) is 52.8 Å². The van der Waals surface area contributed by atoms with Crippen LogP contribution < -0.4 is 14.8 Å². The van der Waals surface area contributed by atoms with Crippen molar-refractivity contribution in [3.05, 3.63) is 52.5 Å². The second-order valence-electron chi connectivity index (χ2n) is 6.18. The van der Waals surface area contributed by atoms with E-state index in [2.05, 4.69) is 49.8 Å². The van der Waals surface area contributed by atoms with Crippen molar-refractivity contribution in [3.63, 3.8) is 0 Å². The van der Waals surface area contributed by atoms with E-state index in [1.54, 1.807) is 23.6 Å². The van der Waals surface area contributed by atoms with Crippen molar-refractivity contribution in [2.24, 2.45) is 0 Å². The van der Waals surface area contributed by atoms with E-state index in [0.29, 0.717) is 13.2 Å². The molecule has 1 heterocycles. The molecule has 0 radical (unpaired) electrons. The topological polar surface area (TPSA) is 74.1 Å². The minimum atomic E-state index is 0.656. The number of thioether (sulfide) groups is 1. The van der Waals surface area contributed by atoms with E-state index < -0.39 is 0 Å². The molecule has 7 nitrogen and oxygen atoms in total. The van der Waals surface area contributed by atoms with E-state index in [-0.39, 0.29) is 0 Å². The highest BCUT2D eigenvalue weighted by atomic mass is 79.9. The molecule has 0 saturated heterocycles. The Kier molecular flexibility index (Phi) is 8.33. The van der Waals surface area contributed by atoms with Gasteiger partial charge in [0, 0.05) is 28.9 Å². The molecular weight excluding hydrogens is 454 g/mol. The Balaban J connectivity index is 1.55. The summed E-state index contributed by atoms with van der Waals surface area (Å²) in [6, 6.07) is 13.9. The maximum Gasteiger partial charge on any atom is 0.214 e. The second kappa shape index (κ2) is 11.2. The first-order valence-corrected chi connectivity index (χ1v) is 11.2. The molecule has 0 aliphatic rings. The number of nitrogens with one attached hydrogen (secondary N) is 1. The van der Waals surface area contributed by atoms with Crippen LogP contribution in [0.2, 0.25) is 0 Å².